The van der Waals surface area contributed by atoms with E-state index in [1.165, 1.54) is 17.5 Å². The first-order chi connectivity index (χ1) is 11.3. The van der Waals surface area contributed by atoms with E-state index < -0.39 is 0 Å². The van der Waals surface area contributed by atoms with Crippen molar-refractivity contribution in [3.05, 3.63) is 51.7 Å². The molecule has 4 heteroatoms. The van der Waals surface area contributed by atoms with Crippen molar-refractivity contribution in [1.82, 2.24) is 4.90 Å². The summed E-state index contributed by atoms with van der Waals surface area (Å²) in [6.07, 6.45) is 2.33. The van der Waals surface area contributed by atoms with Crippen molar-refractivity contribution >= 4 is 11.3 Å². The highest BCUT2D eigenvalue weighted by Gasteiger charge is 2.26. The lowest BCUT2D eigenvalue weighted by atomic mass is 9.97. The largest absolute Gasteiger partial charge is 0.491 e. The molecule has 1 atom stereocenters. The zero-order valence-electron chi connectivity index (χ0n) is 14.0. The number of thiophene rings is 1. The summed E-state index contributed by atoms with van der Waals surface area (Å²) in [4.78, 5) is 4.17. The summed E-state index contributed by atoms with van der Waals surface area (Å²) in [6.45, 7) is 5.62. The molecule has 124 valence electrons. The molecule has 0 saturated carbocycles. The van der Waals surface area contributed by atoms with Gasteiger partial charge in [0.25, 0.3) is 0 Å². The van der Waals surface area contributed by atoms with Crippen LogP contribution in [0, 0.1) is 0 Å². The van der Waals surface area contributed by atoms with Crippen molar-refractivity contribution in [1.29, 1.82) is 0 Å². The van der Waals surface area contributed by atoms with E-state index in [-0.39, 0.29) is 0 Å². The number of fused-ring (bicyclic) bond motifs is 1. The minimum atomic E-state index is 0.545. The quantitative estimate of drug-likeness (QED) is 0.707. The maximum atomic E-state index is 5.73. The van der Waals surface area contributed by atoms with Crippen LogP contribution >= 0.6 is 11.3 Å². The van der Waals surface area contributed by atoms with Crippen LogP contribution in [-0.4, -0.2) is 31.8 Å². The molecule has 2 heterocycles. The number of nitrogens with zero attached hydrogens (tertiary/aromatic N) is 1. The van der Waals surface area contributed by atoms with Crippen molar-refractivity contribution in [2.45, 2.75) is 32.4 Å². The SMILES string of the molecule is CC[C@@H]1c2ccsc2CCN1Cc1cccc(OCCOC)c1. The van der Waals surface area contributed by atoms with Gasteiger partial charge in [-0.1, -0.05) is 19.1 Å². The van der Waals surface area contributed by atoms with Crippen LogP contribution in [0.15, 0.2) is 35.7 Å². The van der Waals surface area contributed by atoms with Gasteiger partial charge in [0.1, 0.15) is 12.4 Å². The van der Waals surface area contributed by atoms with Gasteiger partial charge in [0.05, 0.1) is 6.61 Å². The summed E-state index contributed by atoms with van der Waals surface area (Å²) in [7, 11) is 1.69. The van der Waals surface area contributed by atoms with Crippen LogP contribution in [0.1, 0.15) is 35.4 Å². The third-order valence-electron chi connectivity index (χ3n) is 4.43. The molecule has 3 rings (SSSR count). The molecule has 0 fully saturated rings. The lowest BCUT2D eigenvalue weighted by molar-refractivity contribution is 0.146. The van der Waals surface area contributed by atoms with Gasteiger partial charge >= 0.3 is 0 Å². The minimum absolute atomic E-state index is 0.545. The Balaban J connectivity index is 1.68. The zero-order chi connectivity index (χ0) is 16.1. The first-order valence-corrected chi connectivity index (χ1v) is 9.20. The van der Waals surface area contributed by atoms with Crippen LogP contribution in [-0.2, 0) is 17.7 Å². The van der Waals surface area contributed by atoms with Crippen molar-refractivity contribution in [3.63, 3.8) is 0 Å². The second kappa shape index (κ2) is 7.95. The van der Waals surface area contributed by atoms with Crippen LogP contribution in [0.2, 0.25) is 0 Å². The smallest absolute Gasteiger partial charge is 0.119 e. The second-order valence-corrected chi connectivity index (χ2v) is 6.93. The maximum absolute atomic E-state index is 5.73. The predicted molar refractivity (Wildman–Crippen MR) is 95.3 cm³/mol. The highest BCUT2D eigenvalue weighted by molar-refractivity contribution is 7.10. The lowest BCUT2D eigenvalue weighted by Gasteiger charge is -2.35. The van der Waals surface area contributed by atoms with Gasteiger partial charge in [-0.15, -0.1) is 11.3 Å². The Morgan fingerprint density at radius 1 is 1.26 bits per heavy atom. The van der Waals surface area contributed by atoms with Gasteiger partial charge in [0, 0.05) is 31.1 Å². The average molecular weight is 331 g/mol. The van der Waals surface area contributed by atoms with Crippen molar-refractivity contribution in [2.75, 3.05) is 26.9 Å². The van der Waals surface area contributed by atoms with E-state index in [4.69, 9.17) is 9.47 Å². The first-order valence-electron chi connectivity index (χ1n) is 8.32. The van der Waals surface area contributed by atoms with Crippen molar-refractivity contribution < 1.29 is 9.47 Å². The fraction of sp³-hybridized carbons (Fsp3) is 0.474. The molecule has 0 amide bonds. The Morgan fingerprint density at radius 3 is 3.00 bits per heavy atom. The second-order valence-electron chi connectivity index (χ2n) is 5.93. The van der Waals surface area contributed by atoms with Crippen LogP contribution in [0.4, 0.5) is 0 Å². The number of rotatable bonds is 7. The number of benzene rings is 1. The Labute approximate surface area is 142 Å². The van der Waals surface area contributed by atoms with Gasteiger partial charge in [-0.05, 0) is 47.5 Å². The molecular weight excluding hydrogens is 306 g/mol. The Kier molecular flexibility index (Phi) is 5.70. The molecule has 23 heavy (non-hydrogen) atoms. The van der Waals surface area contributed by atoms with Crippen molar-refractivity contribution in [2.24, 2.45) is 0 Å². The molecule has 0 aliphatic carbocycles. The summed E-state index contributed by atoms with van der Waals surface area (Å²) in [6, 6.07) is 11.3. The highest BCUT2D eigenvalue weighted by atomic mass is 32.1. The van der Waals surface area contributed by atoms with E-state index in [1.807, 2.05) is 17.4 Å². The molecular formula is C19H25NO2S. The summed E-state index contributed by atoms with van der Waals surface area (Å²) in [5.74, 6) is 0.931. The Morgan fingerprint density at radius 2 is 2.17 bits per heavy atom. The molecule has 1 aliphatic rings. The fourth-order valence-electron chi connectivity index (χ4n) is 3.33. The van der Waals surface area contributed by atoms with Gasteiger partial charge in [0.2, 0.25) is 0 Å². The van der Waals surface area contributed by atoms with Gasteiger partial charge in [-0.3, -0.25) is 4.90 Å². The summed E-state index contributed by atoms with van der Waals surface area (Å²) >= 11 is 1.91. The Bertz CT molecular complexity index is 625. The van der Waals surface area contributed by atoms with Gasteiger partial charge in [0.15, 0.2) is 0 Å². The number of ether oxygens (including phenoxy) is 2. The highest BCUT2D eigenvalue weighted by Crippen LogP contribution is 2.36. The maximum Gasteiger partial charge on any atom is 0.119 e. The molecule has 1 aromatic carbocycles. The summed E-state index contributed by atoms with van der Waals surface area (Å²) in [5.41, 5.74) is 2.85. The molecule has 0 unspecified atom stereocenters. The van der Waals surface area contributed by atoms with E-state index in [2.05, 4.69) is 41.5 Å². The molecule has 1 aliphatic heterocycles. The number of methoxy groups -OCH3 is 1. The topological polar surface area (TPSA) is 21.7 Å². The normalized spacial score (nSPS) is 17.9. The molecule has 3 nitrogen and oxygen atoms in total. The van der Waals surface area contributed by atoms with Crippen LogP contribution in [0.5, 0.6) is 5.75 Å². The van der Waals surface area contributed by atoms with Crippen LogP contribution < -0.4 is 4.74 Å². The average Bonchev–Trinajstić information content (AvgIpc) is 3.04. The van der Waals surface area contributed by atoms with E-state index in [9.17, 15) is 0 Å². The lowest BCUT2D eigenvalue weighted by Crippen LogP contribution is -2.33. The number of hydrogen-bond acceptors (Lipinski definition) is 4. The molecule has 1 aromatic heterocycles. The number of hydrogen-bond donors (Lipinski definition) is 0. The third kappa shape index (κ3) is 3.94. The predicted octanol–water partition coefficient (Wildman–Crippen LogP) is 4.28. The zero-order valence-corrected chi connectivity index (χ0v) is 14.8. The standard InChI is InChI=1S/C19H25NO2S/c1-3-18-17-8-12-23-19(17)7-9-20(18)14-15-5-4-6-16(13-15)22-11-10-21-2/h4-6,8,12-13,18H,3,7,9-11,14H2,1-2H3/t18-/m1/s1. The first kappa shape index (κ1) is 16.5. The van der Waals surface area contributed by atoms with Crippen LogP contribution in [0.25, 0.3) is 0 Å². The minimum Gasteiger partial charge on any atom is -0.491 e. The molecule has 0 N–H and O–H groups in total. The molecule has 0 bridgehead atoms. The molecule has 0 saturated heterocycles. The van der Waals surface area contributed by atoms with Crippen molar-refractivity contribution in [3.8, 4) is 5.75 Å². The summed E-state index contributed by atoms with van der Waals surface area (Å²) < 4.78 is 10.8. The van der Waals surface area contributed by atoms with Crippen LogP contribution in [0.3, 0.4) is 0 Å². The van der Waals surface area contributed by atoms with Gasteiger partial charge < -0.3 is 9.47 Å². The van der Waals surface area contributed by atoms with Gasteiger partial charge in [-0.25, -0.2) is 0 Å². The van der Waals surface area contributed by atoms with Gasteiger partial charge in [-0.2, -0.15) is 0 Å². The third-order valence-corrected chi connectivity index (χ3v) is 5.43. The summed E-state index contributed by atoms with van der Waals surface area (Å²) in [5, 5.41) is 2.24. The van der Waals surface area contributed by atoms with E-state index >= 15 is 0 Å². The van der Waals surface area contributed by atoms with E-state index in [1.54, 1.807) is 12.0 Å². The fourth-order valence-corrected chi connectivity index (χ4v) is 4.25. The molecule has 0 radical (unpaired) electrons. The van der Waals surface area contributed by atoms with E-state index in [0.29, 0.717) is 19.3 Å². The van der Waals surface area contributed by atoms with E-state index in [0.717, 1.165) is 25.3 Å². The molecule has 0 spiro atoms. The Hall–Kier alpha value is -1.36. The molecule has 2 aromatic rings. The monoisotopic (exact) mass is 331 g/mol.